The number of imide groups is 1. The van der Waals surface area contributed by atoms with E-state index in [1.165, 1.54) is 4.90 Å². The van der Waals surface area contributed by atoms with Gasteiger partial charge in [-0.3, -0.25) is 14.5 Å². The van der Waals surface area contributed by atoms with Crippen LogP contribution >= 0.6 is 0 Å². The third-order valence-electron chi connectivity index (χ3n) is 6.03. The first-order valence-electron chi connectivity index (χ1n) is 12.1. The Balaban J connectivity index is 1.16. The van der Waals surface area contributed by atoms with Gasteiger partial charge in [0.05, 0.1) is 24.3 Å². The highest BCUT2D eigenvalue weighted by molar-refractivity contribution is 6.21. The highest BCUT2D eigenvalue weighted by atomic mass is 16.5. The summed E-state index contributed by atoms with van der Waals surface area (Å²) in [5.74, 6) is 1.42. The van der Waals surface area contributed by atoms with Crippen LogP contribution in [-0.2, 0) is 0 Å². The summed E-state index contributed by atoms with van der Waals surface area (Å²) in [7, 11) is 0. The number of para-hydroxylation sites is 1. The highest BCUT2D eigenvalue weighted by Crippen LogP contribution is 2.31. The largest absolute Gasteiger partial charge is 0.494 e. The van der Waals surface area contributed by atoms with Crippen LogP contribution in [0.3, 0.4) is 0 Å². The first kappa shape index (κ1) is 23.6. The van der Waals surface area contributed by atoms with Gasteiger partial charge in [-0.25, -0.2) is 0 Å². The van der Waals surface area contributed by atoms with Gasteiger partial charge in [0.25, 0.3) is 11.8 Å². The van der Waals surface area contributed by atoms with E-state index in [0.717, 1.165) is 54.7 Å². The zero-order chi connectivity index (χ0) is 23.8. The van der Waals surface area contributed by atoms with Crippen molar-refractivity contribution in [3.8, 4) is 22.6 Å². The summed E-state index contributed by atoms with van der Waals surface area (Å²) >= 11 is 0. The number of amides is 2. The van der Waals surface area contributed by atoms with Crippen molar-refractivity contribution < 1.29 is 19.1 Å². The minimum Gasteiger partial charge on any atom is -0.494 e. The van der Waals surface area contributed by atoms with Crippen molar-refractivity contribution in [2.24, 2.45) is 0 Å². The van der Waals surface area contributed by atoms with Crippen LogP contribution < -0.4 is 9.47 Å². The number of ether oxygens (including phenoxy) is 2. The standard InChI is InChI=1S/C29H31NO4/c1-2-33-23-18-16-22(17-19-23)24-12-8-9-15-27(24)34-21-11-5-3-4-10-20-30-28(31)25-13-6-7-14-26(25)29(30)32/h6-9,12-19H,2-5,10-11,20-21H2,1H3. The van der Waals surface area contributed by atoms with Gasteiger partial charge in [-0.2, -0.15) is 0 Å². The minimum atomic E-state index is -0.166. The molecule has 34 heavy (non-hydrogen) atoms. The number of hydrogen-bond acceptors (Lipinski definition) is 4. The van der Waals surface area contributed by atoms with Crippen molar-refractivity contribution in [1.82, 2.24) is 4.90 Å². The summed E-state index contributed by atoms with van der Waals surface area (Å²) in [4.78, 5) is 26.2. The minimum absolute atomic E-state index is 0.166. The molecule has 0 radical (unpaired) electrons. The lowest BCUT2D eigenvalue weighted by molar-refractivity contribution is 0.0651. The van der Waals surface area contributed by atoms with Crippen LogP contribution in [0.2, 0.25) is 0 Å². The van der Waals surface area contributed by atoms with Crippen LogP contribution in [0, 0.1) is 0 Å². The van der Waals surface area contributed by atoms with E-state index in [1.807, 2.05) is 37.3 Å². The lowest BCUT2D eigenvalue weighted by Crippen LogP contribution is -2.30. The quantitative estimate of drug-likeness (QED) is 0.234. The number of benzene rings is 3. The molecule has 0 aliphatic carbocycles. The molecule has 0 spiro atoms. The number of unbranched alkanes of at least 4 members (excludes halogenated alkanes) is 4. The molecular weight excluding hydrogens is 426 g/mol. The summed E-state index contributed by atoms with van der Waals surface area (Å²) in [5, 5.41) is 0. The molecule has 0 bridgehead atoms. The van der Waals surface area contributed by atoms with Crippen LogP contribution in [0.15, 0.2) is 72.8 Å². The molecular formula is C29H31NO4. The summed E-state index contributed by atoms with van der Waals surface area (Å²) in [6, 6.07) is 23.2. The van der Waals surface area contributed by atoms with Gasteiger partial charge in [0.15, 0.2) is 0 Å². The van der Waals surface area contributed by atoms with E-state index in [0.29, 0.717) is 30.9 Å². The zero-order valence-electron chi connectivity index (χ0n) is 19.7. The molecule has 1 aliphatic rings. The first-order valence-corrected chi connectivity index (χ1v) is 12.1. The maximum Gasteiger partial charge on any atom is 0.261 e. The molecule has 1 aliphatic heterocycles. The molecule has 4 rings (SSSR count). The van der Waals surface area contributed by atoms with E-state index in [2.05, 4.69) is 18.2 Å². The topological polar surface area (TPSA) is 55.8 Å². The van der Waals surface area contributed by atoms with Crippen molar-refractivity contribution in [2.75, 3.05) is 19.8 Å². The number of rotatable bonds is 12. The molecule has 0 saturated heterocycles. The van der Waals surface area contributed by atoms with E-state index in [-0.39, 0.29) is 11.8 Å². The molecule has 0 saturated carbocycles. The summed E-state index contributed by atoms with van der Waals surface area (Å²) < 4.78 is 11.6. The smallest absolute Gasteiger partial charge is 0.261 e. The van der Waals surface area contributed by atoms with Crippen LogP contribution in [-0.4, -0.2) is 36.5 Å². The molecule has 0 aromatic heterocycles. The summed E-state index contributed by atoms with van der Waals surface area (Å²) in [6.07, 6.45) is 4.87. The van der Waals surface area contributed by atoms with Crippen molar-refractivity contribution in [2.45, 2.75) is 39.0 Å². The number of nitrogens with zero attached hydrogens (tertiary/aromatic N) is 1. The Kier molecular flexibility index (Phi) is 7.97. The number of fused-ring (bicyclic) bond motifs is 1. The van der Waals surface area contributed by atoms with Crippen molar-refractivity contribution in [3.05, 3.63) is 83.9 Å². The lowest BCUT2D eigenvalue weighted by atomic mass is 10.0. The monoisotopic (exact) mass is 457 g/mol. The van der Waals surface area contributed by atoms with Gasteiger partial charge >= 0.3 is 0 Å². The third-order valence-corrected chi connectivity index (χ3v) is 6.03. The fraction of sp³-hybridized carbons (Fsp3) is 0.310. The normalized spacial score (nSPS) is 12.7. The van der Waals surface area contributed by atoms with Crippen molar-refractivity contribution in [1.29, 1.82) is 0 Å². The Labute approximate surface area is 201 Å². The number of hydrogen-bond donors (Lipinski definition) is 0. The molecule has 0 N–H and O–H groups in total. The summed E-state index contributed by atoms with van der Waals surface area (Å²) in [5.41, 5.74) is 3.23. The van der Waals surface area contributed by atoms with Crippen molar-refractivity contribution >= 4 is 11.8 Å². The zero-order valence-corrected chi connectivity index (χ0v) is 19.7. The van der Waals surface area contributed by atoms with Gasteiger partial charge in [0.1, 0.15) is 11.5 Å². The average molecular weight is 458 g/mol. The maximum absolute atomic E-state index is 12.4. The Morgan fingerprint density at radius 1 is 0.647 bits per heavy atom. The van der Waals surface area contributed by atoms with E-state index in [9.17, 15) is 9.59 Å². The number of carbonyl (C=O) groups is 2. The van der Waals surface area contributed by atoms with Gasteiger partial charge in [-0.1, -0.05) is 61.7 Å². The molecule has 1 heterocycles. The predicted molar refractivity (Wildman–Crippen MR) is 133 cm³/mol. The predicted octanol–water partition coefficient (Wildman–Crippen LogP) is 6.38. The van der Waals surface area contributed by atoms with Crippen LogP contribution in [0.1, 0.15) is 59.7 Å². The fourth-order valence-electron chi connectivity index (χ4n) is 4.26. The molecule has 176 valence electrons. The summed E-state index contributed by atoms with van der Waals surface area (Å²) in [6.45, 7) is 3.78. The third kappa shape index (κ3) is 5.48. The van der Waals surface area contributed by atoms with E-state index in [1.54, 1.807) is 24.3 Å². The SMILES string of the molecule is CCOc1ccc(-c2ccccc2OCCCCCCCN2C(=O)c3ccccc3C2=O)cc1. The Bertz CT molecular complexity index is 1090. The highest BCUT2D eigenvalue weighted by Gasteiger charge is 2.34. The van der Waals surface area contributed by atoms with Gasteiger partial charge < -0.3 is 9.47 Å². The van der Waals surface area contributed by atoms with Gasteiger partial charge in [-0.05, 0) is 55.7 Å². The Morgan fingerprint density at radius 2 is 1.24 bits per heavy atom. The molecule has 2 amide bonds. The molecule has 3 aromatic rings. The molecule has 0 fully saturated rings. The second kappa shape index (κ2) is 11.5. The molecule has 0 unspecified atom stereocenters. The van der Waals surface area contributed by atoms with E-state index < -0.39 is 0 Å². The Morgan fingerprint density at radius 3 is 1.91 bits per heavy atom. The molecule has 5 heteroatoms. The number of carbonyl (C=O) groups excluding carboxylic acids is 2. The van der Waals surface area contributed by atoms with Crippen LogP contribution in [0.4, 0.5) is 0 Å². The van der Waals surface area contributed by atoms with Crippen LogP contribution in [0.25, 0.3) is 11.1 Å². The fourth-order valence-corrected chi connectivity index (χ4v) is 4.26. The van der Waals surface area contributed by atoms with Gasteiger partial charge in [-0.15, -0.1) is 0 Å². The molecule has 0 atom stereocenters. The van der Waals surface area contributed by atoms with Gasteiger partial charge in [0, 0.05) is 12.1 Å². The van der Waals surface area contributed by atoms with Gasteiger partial charge in [0.2, 0.25) is 0 Å². The maximum atomic E-state index is 12.4. The average Bonchev–Trinajstić information content (AvgIpc) is 3.11. The Hall–Kier alpha value is -3.60. The van der Waals surface area contributed by atoms with Crippen molar-refractivity contribution in [3.63, 3.8) is 0 Å². The second-order valence-corrected chi connectivity index (χ2v) is 8.38. The molecule has 3 aromatic carbocycles. The van der Waals surface area contributed by atoms with E-state index in [4.69, 9.17) is 9.47 Å². The molecule has 5 nitrogen and oxygen atoms in total. The van der Waals surface area contributed by atoms with Crippen LogP contribution in [0.5, 0.6) is 11.5 Å². The first-order chi connectivity index (χ1) is 16.7. The second-order valence-electron chi connectivity index (χ2n) is 8.38. The lowest BCUT2D eigenvalue weighted by Gasteiger charge is -2.14. The van der Waals surface area contributed by atoms with E-state index >= 15 is 0 Å².